The number of anilines is 1. The normalized spacial score (nSPS) is 17.5. The number of rotatable bonds is 8. The zero-order valence-corrected chi connectivity index (χ0v) is 18.7. The summed E-state index contributed by atoms with van der Waals surface area (Å²) in [6.45, 7) is 6.95. The summed E-state index contributed by atoms with van der Waals surface area (Å²) in [6, 6.07) is 15.2. The maximum atomic E-state index is 12.7. The van der Waals surface area contributed by atoms with E-state index < -0.39 is 10.0 Å². The van der Waals surface area contributed by atoms with Crippen molar-refractivity contribution in [2.75, 3.05) is 44.2 Å². The molecule has 0 bridgehead atoms. The number of sulfonamides is 1. The van der Waals surface area contributed by atoms with Gasteiger partial charge in [-0.1, -0.05) is 24.3 Å². The molecule has 1 amide bonds. The van der Waals surface area contributed by atoms with Crippen molar-refractivity contribution in [2.45, 2.75) is 30.7 Å². The summed E-state index contributed by atoms with van der Waals surface area (Å²) < 4.78 is 27.6. The van der Waals surface area contributed by atoms with Crippen molar-refractivity contribution in [3.63, 3.8) is 0 Å². The fourth-order valence-electron chi connectivity index (χ4n) is 3.79. The molecule has 2 fully saturated rings. The lowest BCUT2D eigenvalue weighted by molar-refractivity contribution is 0.0947. The van der Waals surface area contributed by atoms with Crippen molar-refractivity contribution >= 4 is 21.6 Å². The first-order chi connectivity index (χ1) is 14.9. The molecule has 0 unspecified atom stereocenters. The molecule has 0 atom stereocenters. The van der Waals surface area contributed by atoms with Gasteiger partial charge in [-0.25, -0.2) is 13.1 Å². The van der Waals surface area contributed by atoms with Crippen molar-refractivity contribution < 1.29 is 13.2 Å². The Labute approximate surface area is 184 Å². The molecule has 1 aliphatic carbocycles. The maximum Gasteiger partial charge on any atom is 0.251 e. The average Bonchev–Trinajstić information content (AvgIpc) is 3.58. The van der Waals surface area contributed by atoms with Crippen LogP contribution in [0.5, 0.6) is 0 Å². The van der Waals surface area contributed by atoms with Gasteiger partial charge >= 0.3 is 0 Å². The lowest BCUT2D eigenvalue weighted by Gasteiger charge is -2.36. The Balaban J connectivity index is 1.28. The summed E-state index contributed by atoms with van der Waals surface area (Å²) in [6.07, 6.45) is 1.75. The van der Waals surface area contributed by atoms with Gasteiger partial charge in [-0.15, -0.1) is 0 Å². The van der Waals surface area contributed by atoms with Crippen LogP contribution in [0.15, 0.2) is 53.4 Å². The second-order valence-corrected chi connectivity index (χ2v) is 10.0. The standard InChI is InChI=1S/C23H30N4O3S/c1-18-7-10-21(31(29,30)25-19-8-9-19)17-22(18)23(28)24-11-12-26-13-15-27(16-14-26)20-5-3-2-4-6-20/h2-7,10,17,19,25H,8-9,11-16H2,1H3,(H,24,28). The van der Waals surface area contributed by atoms with Crippen molar-refractivity contribution in [2.24, 2.45) is 0 Å². The molecular weight excluding hydrogens is 412 g/mol. The van der Waals surface area contributed by atoms with E-state index in [1.807, 2.05) is 13.0 Å². The quantitative estimate of drug-likeness (QED) is 0.654. The lowest BCUT2D eigenvalue weighted by atomic mass is 10.1. The van der Waals surface area contributed by atoms with Crippen LogP contribution < -0.4 is 14.9 Å². The highest BCUT2D eigenvalue weighted by Gasteiger charge is 2.28. The Kier molecular flexibility index (Phi) is 6.60. The number of carbonyl (C=O) groups excluding carboxylic acids is 1. The Morgan fingerprint density at radius 3 is 2.42 bits per heavy atom. The van der Waals surface area contributed by atoms with Crippen LogP contribution in [0.3, 0.4) is 0 Å². The summed E-state index contributed by atoms with van der Waals surface area (Å²) in [5.74, 6) is -0.233. The molecule has 2 aromatic carbocycles. The molecule has 7 nitrogen and oxygen atoms in total. The number of carbonyl (C=O) groups is 1. The van der Waals surface area contributed by atoms with Gasteiger partial charge in [-0.2, -0.15) is 0 Å². The van der Waals surface area contributed by atoms with Crippen LogP contribution in [0, 0.1) is 6.92 Å². The largest absolute Gasteiger partial charge is 0.369 e. The molecule has 1 aliphatic heterocycles. The van der Waals surface area contributed by atoms with Crippen LogP contribution in [0.1, 0.15) is 28.8 Å². The molecule has 2 N–H and O–H groups in total. The van der Waals surface area contributed by atoms with Crippen LogP contribution in [-0.4, -0.2) is 64.5 Å². The molecule has 0 spiro atoms. The van der Waals surface area contributed by atoms with Gasteiger partial charge in [-0.3, -0.25) is 9.69 Å². The van der Waals surface area contributed by atoms with Gasteiger partial charge in [-0.05, 0) is 49.6 Å². The smallest absolute Gasteiger partial charge is 0.251 e. The van der Waals surface area contributed by atoms with E-state index in [9.17, 15) is 13.2 Å². The number of hydrogen-bond donors (Lipinski definition) is 2. The van der Waals surface area contributed by atoms with Crippen molar-refractivity contribution in [3.8, 4) is 0 Å². The van der Waals surface area contributed by atoms with E-state index in [-0.39, 0.29) is 16.8 Å². The van der Waals surface area contributed by atoms with Gasteiger partial charge in [0, 0.05) is 56.6 Å². The van der Waals surface area contributed by atoms with E-state index >= 15 is 0 Å². The molecule has 1 saturated carbocycles. The number of nitrogens with one attached hydrogen (secondary N) is 2. The molecule has 1 heterocycles. The SMILES string of the molecule is Cc1ccc(S(=O)(=O)NC2CC2)cc1C(=O)NCCN1CCN(c2ccccc2)CC1. The number of hydrogen-bond acceptors (Lipinski definition) is 5. The van der Waals surface area contributed by atoms with E-state index in [0.29, 0.717) is 12.1 Å². The van der Waals surface area contributed by atoms with Gasteiger partial charge in [0.25, 0.3) is 5.91 Å². The van der Waals surface area contributed by atoms with E-state index in [0.717, 1.165) is 51.1 Å². The summed E-state index contributed by atoms with van der Waals surface area (Å²) in [5.41, 5.74) is 2.42. The summed E-state index contributed by atoms with van der Waals surface area (Å²) in [5, 5.41) is 2.95. The summed E-state index contributed by atoms with van der Waals surface area (Å²) in [4.78, 5) is 17.6. The van der Waals surface area contributed by atoms with Crippen LogP contribution in [0.25, 0.3) is 0 Å². The predicted octanol–water partition coefficient (Wildman–Crippen LogP) is 1.99. The zero-order valence-electron chi connectivity index (χ0n) is 17.9. The second-order valence-electron chi connectivity index (χ2n) is 8.29. The Hall–Kier alpha value is -2.42. The average molecular weight is 443 g/mol. The van der Waals surface area contributed by atoms with Gasteiger partial charge < -0.3 is 10.2 Å². The summed E-state index contributed by atoms with van der Waals surface area (Å²) in [7, 11) is -3.58. The van der Waals surface area contributed by atoms with Crippen molar-refractivity contribution in [3.05, 3.63) is 59.7 Å². The highest BCUT2D eigenvalue weighted by molar-refractivity contribution is 7.89. The number of amides is 1. The molecular formula is C23H30N4O3S. The van der Waals surface area contributed by atoms with Crippen molar-refractivity contribution in [1.82, 2.24) is 14.9 Å². The van der Waals surface area contributed by atoms with Crippen LogP contribution in [0.4, 0.5) is 5.69 Å². The Morgan fingerprint density at radius 1 is 1.03 bits per heavy atom. The minimum atomic E-state index is -3.58. The molecule has 2 aliphatic rings. The number of para-hydroxylation sites is 1. The van der Waals surface area contributed by atoms with Gasteiger partial charge in [0.05, 0.1) is 4.90 Å². The minimum Gasteiger partial charge on any atom is -0.369 e. The second kappa shape index (κ2) is 9.38. The molecule has 166 valence electrons. The molecule has 4 rings (SSSR count). The number of piperazine rings is 1. The first kappa shape index (κ1) is 21.8. The van der Waals surface area contributed by atoms with Crippen LogP contribution in [0.2, 0.25) is 0 Å². The predicted molar refractivity (Wildman–Crippen MR) is 122 cm³/mol. The van der Waals surface area contributed by atoms with E-state index in [2.05, 4.69) is 44.1 Å². The monoisotopic (exact) mass is 442 g/mol. The number of aryl methyl sites for hydroxylation is 1. The number of nitrogens with zero attached hydrogens (tertiary/aromatic N) is 2. The van der Waals surface area contributed by atoms with Crippen LogP contribution in [-0.2, 0) is 10.0 Å². The van der Waals surface area contributed by atoms with E-state index in [1.54, 1.807) is 12.1 Å². The van der Waals surface area contributed by atoms with E-state index in [1.165, 1.54) is 11.8 Å². The molecule has 0 aromatic heterocycles. The lowest BCUT2D eigenvalue weighted by Crippen LogP contribution is -2.48. The highest BCUT2D eigenvalue weighted by Crippen LogP contribution is 2.23. The van der Waals surface area contributed by atoms with Crippen molar-refractivity contribution in [1.29, 1.82) is 0 Å². The molecule has 8 heteroatoms. The first-order valence-electron chi connectivity index (χ1n) is 10.9. The Morgan fingerprint density at radius 2 is 1.74 bits per heavy atom. The fourth-order valence-corrected chi connectivity index (χ4v) is 5.12. The summed E-state index contributed by atoms with van der Waals surface area (Å²) >= 11 is 0. The third-order valence-corrected chi connectivity index (χ3v) is 7.39. The molecule has 0 radical (unpaired) electrons. The number of benzene rings is 2. The molecule has 31 heavy (non-hydrogen) atoms. The third kappa shape index (κ3) is 5.64. The minimum absolute atomic E-state index is 0.0333. The van der Waals surface area contributed by atoms with Gasteiger partial charge in [0.1, 0.15) is 0 Å². The molecule has 1 saturated heterocycles. The first-order valence-corrected chi connectivity index (χ1v) is 12.3. The third-order valence-electron chi connectivity index (χ3n) is 5.87. The molecule has 2 aromatic rings. The topological polar surface area (TPSA) is 81.7 Å². The van der Waals surface area contributed by atoms with Gasteiger partial charge in [0.15, 0.2) is 0 Å². The van der Waals surface area contributed by atoms with E-state index in [4.69, 9.17) is 0 Å². The zero-order chi connectivity index (χ0) is 21.8. The van der Waals surface area contributed by atoms with Gasteiger partial charge in [0.2, 0.25) is 10.0 Å². The Bertz CT molecular complexity index is 1010. The van der Waals surface area contributed by atoms with Crippen LogP contribution >= 0.6 is 0 Å². The maximum absolute atomic E-state index is 12.7. The highest BCUT2D eigenvalue weighted by atomic mass is 32.2. The fraction of sp³-hybridized carbons (Fsp3) is 0.435.